The Hall–Kier alpha value is -3.13. The van der Waals surface area contributed by atoms with Crippen molar-refractivity contribution in [1.82, 2.24) is 23.4 Å². The summed E-state index contributed by atoms with van der Waals surface area (Å²) in [4.78, 5) is 26.6. The summed E-state index contributed by atoms with van der Waals surface area (Å²) in [6, 6.07) is 12.9. The molecule has 0 radical (unpaired) electrons. The van der Waals surface area contributed by atoms with Gasteiger partial charge in [0.2, 0.25) is 5.91 Å². The van der Waals surface area contributed by atoms with E-state index in [4.69, 9.17) is 0 Å². The maximum absolute atomic E-state index is 12.5. The van der Waals surface area contributed by atoms with E-state index in [1.165, 1.54) is 4.68 Å². The highest BCUT2D eigenvalue weighted by Crippen LogP contribution is 2.15. The third-order valence-corrected chi connectivity index (χ3v) is 4.77. The highest BCUT2D eigenvalue weighted by atomic mass is 32.1. The van der Waals surface area contributed by atoms with Gasteiger partial charge in [-0.25, -0.2) is 4.68 Å². The zero-order valence-corrected chi connectivity index (χ0v) is 14.8. The van der Waals surface area contributed by atoms with Gasteiger partial charge in [0, 0.05) is 19.0 Å². The van der Waals surface area contributed by atoms with E-state index in [1.807, 2.05) is 30.3 Å². The van der Waals surface area contributed by atoms with Crippen molar-refractivity contribution in [2.24, 2.45) is 0 Å². The Bertz CT molecular complexity index is 1170. The third kappa shape index (κ3) is 3.06. The lowest BCUT2D eigenvalue weighted by molar-refractivity contribution is -0.131. The summed E-state index contributed by atoms with van der Waals surface area (Å²) in [6.07, 6.45) is 1.60. The highest BCUT2D eigenvalue weighted by molar-refractivity contribution is 7.00. The van der Waals surface area contributed by atoms with Crippen molar-refractivity contribution < 1.29 is 4.79 Å². The number of carbonyl (C=O) groups excluding carboxylic acids is 1. The largest absolute Gasteiger partial charge is 0.340 e. The average molecular weight is 365 g/mol. The molecule has 0 aliphatic carbocycles. The minimum atomic E-state index is -0.264. The summed E-state index contributed by atoms with van der Waals surface area (Å²) in [5.41, 5.74) is 2.36. The number of hydrogen-bond donors (Lipinski definition) is 0. The van der Waals surface area contributed by atoms with Crippen LogP contribution in [0.3, 0.4) is 0 Å². The first-order valence-corrected chi connectivity index (χ1v) is 8.75. The second-order valence-corrected chi connectivity index (χ2v) is 6.56. The Morgan fingerprint density at radius 1 is 1.15 bits per heavy atom. The maximum atomic E-state index is 12.5. The molecule has 0 saturated carbocycles. The first-order valence-electron chi connectivity index (χ1n) is 8.02. The van der Waals surface area contributed by atoms with Crippen LogP contribution in [-0.2, 0) is 17.9 Å². The molecule has 26 heavy (non-hydrogen) atoms. The fourth-order valence-electron chi connectivity index (χ4n) is 2.78. The third-order valence-electron chi connectivity index (χ3n) is 4.21. The summed E-state index contributed by atoms with van der Waals surface area (Å²) >= 11 is 1.16. The molecule has 2 heterocycles. The Morgan fingerprint density at radius 2 is 1.96 bits per heavy atom. The predicted molar refractivity (Wildman–Crippen MR) is 99.9 cm³/mol. The molecule has 4 aromatic rings. The average Bonchev–Trinajstić information content (AvgIpc) is 3.12. The predicted octanol–water partition coefficient (Wildman–Crippen LogP) is 2.06. The molecule has 0 saturated heterocycles. The molecule has 2 aromatic carbocycles. The minimum absolute atomic E-state index is 0.0966. The van der Waals surface area contributed by atoms with Crippen LogP contribution < -0.4 is 5.56 Å². The maximum Gasteiger partial charge on any atom is 0.275 e. The molecule has 1 amide bonds. The van der Waals surface area contributed by atoms with E-state index < -0.39 is 0 Å². The molecule has 0 aliphatic heterocycles. The van der Waals surface area contributed by atoms with Gasteiger partial charge in [-0.3, -0.25) is 9.59 Å². The Kier molecular flexibility index (Phi) is 4.18. The number of hydrogen-bond acceptors (Lipinski definition) is 6. The molecular weight excluding hydrogens is 350 g/mol. The quantitative estimate of drug-likeness (QED) is 0.553. The molecule has 0 fully saturated rings. The van der Waals surface area contributed by atoms with Crippen molar-refractivity contribution in [2.45, 2.75) is 13.1 Å². The molecule has 7 nitrogen and oxygen atoms in total. The second-order valence-electron chi connectivity index (χ2n) is 6.03. The van der Waals surface area contributed by atoms with Crippen LogP contribution in [0.15, 0.2) is 53.5 Å². The van der Waals surface area contributed by atoms with Gasteiger partial charge in [-0.2, -0.15) is 13.8 Å². The Morgan fingerprint density at radius 3 is 2.85 bits per heavy atom. The van der Waals surface area contributed by atoms with Crippen molar-refractivity contribution >= 4 is 39.4 Å². The van der Waals surface area contributed by atoms with Gasteiger partial charge in [0.25, 0.3) is 5.56 Å². The van der Waals surface area contributed by atoms with Crippen molar-refractivity contribution in [3.8, 4) is 0 Å². The van der Waals surface area contributed by atoms with Crippen LogP contribution in [0.1, 0.15) is 5.56 Å². The van der Waals surface area contributed by atoms with Gasteiger partial charge in [0.05, 0.1) is 23.3 Å². The number of carbonyl (C=O) groups is 1. The molecule has 0 bridgehead atoms. The molecule has 4 rings (SSSR count). The van der Waals surface area contributed by atoms with Crippen molar-refractivity contribution in [3.63, 3.8) is 0 Å². The number of rotatable bonds is 4. The van der Waals surface area contributed by atoms with Crippen molar-refractivity contribution in [2.75, 3.05) is 7.05 Å². The molecule has 0 atom stereocenters. The second kappa shape index (κ2) is 6.64. The molecule has 0 N–H and O–H groups in total. The van der Waals surface area contributed by atoms with E-state index in [9.17, 15) is 9.59 Å². The number of benzene rings is 2. The lowest BCUT2D eigenvalue weighted by atomic mass is 10.2. The summed E-state index contributed by atoms with van der Waals surface area (Å²) in [5, 5.41) is 5.43. The van der Waals surface area contributed by atoms with Crippen LogP contribution in [-0.4, -0.2) is 36.4 Å². The summed E-state index contributed by atoms with van der Waals surface area (Å²) in [7, 11) is 1.71. The fourth-order valence-corrected chi connectivity index (χ4v) is 3.29. The number of aromatic nitrogens is 4. The topological polar surface area (TPSA) is 81.0 Å². The van der Waals surface area contributed by atoms with E-state index in [0.29, 0.717) is 11.9 Å². The van der Waals surface area contributed by atoms with Gasteiger partial charge >= 0.3 is 0 Å². The molecule has 0 aliphatic rings. The molecule has 8 heteroatoms. The number of nitrogens with zero attached hydrogens (tertiary/aromatic N) is 5. The van der Waals surface area contributed by atoms with Crippen LogP contribution in [0.2, 0.25) is 0 Å². The zero-order valence-electron chi connectivity index (χ0n) is 14.0. The van der Waals surface area contributed by atoms with Gasteiger partial charge in [-0.1, -0.05) is 24.3 Å². The summed E-state index contributed by atoms with van der Waals surface area (Å²) < 4.78 is 9.58. The lowest BCUT2D eigenvalue weighted by Crippen LogP contribution is -2.34. The first kappa shape index (κ1) is 16.3. The monoisotopic (exact) mass is 365 g/mol. The van der Waals surface area contributed by atoms with Gasteiger partial charge < -0.3 is 4.90 Å². The highest BCUT2D eigenvalue weighted by Gasteiger charge is 2.13. The van der Waals surface area contributed by atoms with Crippen LogP contribution >= 0.6 is 11.7 Å². The number of fused-ring (bicyclic) bond motifs is 2. The van der Waals surface area contributed by atoms with E-state index >= 15 is 0 Å². The lowest BCUT2D eigenvalue weighted by Gasteiger charge is -2.17. The summed E-state index contributed by atoms with van der Waals surface area (Å²) in [5.74, 6) is -0.189. The van der Waals surface area contributed by atoms with E-state index in [1.54, 1.807) is 30.3 Å². The molecule has 0 spiro atoms. The smallest absolute Gasteiger partial charge is 0.275 e. The van der Waals surface area contributed by atoms with Crippen LogP contribution in [0.5, 0.6) is 0 Å². The normalized spacial score (nSPS) is 11.1. The van der Waals surface area contributed by atoms with Crippen LogP contribution in [0.25, 0.3) is 21.8 Å². The first-order chi connectivity index (χ1) is 12.6. The Balaban J connectivity index is 1.52. The molecular formula is C18H15N5O2S. The molecule has 2 aromatic heterocycles. The zero-order chi connectivity index (χ0) is 18.1. The van der Waals surface area contributed by atoms with Gasteiger partial charge in [-0.05, 0) is 23.8 Å². The van der Waals surface area contributed by atoms with Crippen molar-refractivity contribution in [1.29, 1.82) is 0 Å². The standard InChI is InChI=1S/C18H15N5O2S/c1-22(10-12-6-7-15-16(8-12)21-26-20-15)17(24)11-23-18(25)14-5-3-2-4-13(14)9-19-23/h2-9H,10-11H2,1H3. The van der Waals surface area contributed by atoms with E-state index in [0.717, 1.165) is 33.7 Å². The summed E-state index contributed by atoms with van der Waals surface area (Å²) in [6.45, 7) is 0.329. The Labute approximate surface area is 152 Å². The fraction of sp³-hybridized carbons (Fsp3) is 0.167. The number of amides is 1. The number of likely N-dealkylation sites (N-methyl/N-ethyl adjacent to an activating group) is 1. The van der Waals surface area contributed by atoms with E-state index in [-0.39, 0.29) is 18.0 Å². The van der Waals surface area contributed by atoms with E-state index in [2.05, 4.69) is 13.8 Å². The SMILES string of the molecule is CN(Cc1ccc2nsnc2c1)C(=O)Cn1ncc2ccccc2c1=O. The van der Waals surface area contributed by atoms with Gasteiger partial charge in [-0.15, -0.1) is 0 Å². The minimum Gasteiger partial charge on any atom is -0.340 e. The van der Waals surface area contributed by atoms with Gasteiger partial charge in [0.1, 0.15) is 17.6 Å². The molecule has 130 valence electrons. The van der Waals surface area contributed by atoms with Crippen LogP contribution in [0, 0.1) is 0 Å². The van der Waals surface area contributed by atoms with Crippen molar-refractivity contribution in [3.05, 3.63) is 64.6 Å². The molecule has 0 unspecified atom stereocenters. The van der Waals surface area contributed by atoms with Gasteiger partial charge in [0.15, 0.2) is 0 Å². The van der Waals surface area contributed by atoms with Crippen LogP contribution in [0.4, 0.5) is 0 Å².